The maximum absolute atomic E-state index is 11.6. The van der Waals surface area contributed by atoms with Gasteiger partial charge in [-0.05, 0) is 31.9 Å². The Morgan fingerprint density at radius 2 is 1.94 bits per heavy atom. The molecule has 1 aliphatic heterocycles. The minimum absolute atomic E-state index is 0. The Morgan fingerprint density at radius 1 is 1.33 bits per heavy atom. The van der Waals surface area contributed by atoms with Crippen molar-refractivity contribution >= 4 is 29.7 Å². The summed E-state index contributed by atoms with van der Waals surface area (Å²) in [6.07, 6.45) is 2.44. The molecule has 4 nitrogen and oxygen atoms in total. The lowest BCUT2D eigenvalue weighted by atomic mass is 10.2. The third-order valence-electron chi connectivity index (χ3n) is 3.02. The summed E-state index contributed by atoms with van der Waals surface area (Å²) in [4.78, 5) is 13.9. The molecule has 0 radical (unpaired) electrons. The molecule has 1 amide bonds. The maximum atomic E-state index is 11.6. The minimum atomic E-state index is -0.485. The number of nitrogens with zero attached hydrogens (tertiary/aromatic N) is 1. The lowest BCUT2D eigenvalue weighted by Crippen LogP contribution is -2.33. The number of rotatable bonds is 3. The van der Waals surface area contributed by atoms with Crippen LogP contribution in [0.5, 0.6) is 0 Å². The number of nitrogens with one attached hydrogen (secondary N) is 1. The van der Waals surface area contributed by atoms with Crippen LogP contribution in [0.4, 0.5) is 11.4 Å². The number of hydrogen-bond donors (Lipinski definition) is 2. The second-order valence-corrected chi connectivity index (χ2v) is 4.49. The fraction of sp³-hybridized carbons (Fsp3) is 0.462. The van der Waals surface area contributed by atoms with E-state index in [0.29, 0.717) is 0 Å². The quantitative estimate of drug-likeness (QED) is 0.882. The van der Waals surface area contributed by atoms with E-state index in [1.807, 2.05) is 24.3 Å². The molecule has 1 fully saturated rings. The van der Waals surface area contributed by atoms with Crippen LogP contribution in [-0.4, -0.2) is 25.0 Å². The molecular weight excluding hydrogens is 250 g/mol. The van der Waals surface area contributed by atoms with Crippen LogP contribution in [0.15, 0.2) is 24.3 Å². The molecule has 1 aromatic carbocycles. The van der Waals surface area contributed by atoms with Gasteiger partial charge >= 0.3 is 0 Å². The summed E-state index contributed by atoms with van der Waals surface area (Å²) in [6.45, 7) is 3.81. The number of hydrogen-bond acceptors (Lipinski definition) is 3. The Labute approximate surface area is 114 Å². The molecule has 0 aliphatic carbocycles. The number of para-hydroxylation sites is 2. The average molecular weight is 270 g/mol. The Morgan fingerprint density at radius 3 is 2.56 bits per heavy atom. The Bertz CT molecular complexity index is 403. The van der Waals surface area contributed by atoms with E-state index in [0.717, 1.165) is 24.5 Å². The molecule has 0 spiro atoms. The van der Waals surface area contributed by atoms with Crippen molar-refractivity contribution < 1.29 is 4.79 Å². The Kier molecular flexibility index (Phi) is 5.44. The summed E-state index contributed by atoms with van der Waals surface area (Å²) in [7, 11) is 0. The Hall–Kier alpha value is -1.26. The van der Waals surface area contributed by atoms with Gasteiger partial charge in [-0.15, -0.1) is 12.4 Å². The standard InChI is InChI=1S/C13H19N3O.ClH/c1-10(14)13(17)15-11-6-2-3-7-12(11)16-8-4-5-9-16;/h2-3,6-7,10H,4-5,8-9,14H2,1H3,(H,15,17);1H. The lowest BCUT2D eigenvalue weighted by Gasteiger charge is -2.21. The van der Waals surface area contributed by atoms with E-state index in [9.17, 15) is 4.79 Å². The maximum Gasteiger partial charge on any atom is 0.241 e. The summed E-state index contributed by atoms with van der Waals surface area (Å²) in [6, 6.07) is 7.41. The molecule has 100 valence electrons. The molecule has 18 heavy (non-hydrogen) atoms. The second kappa shape index (κ2) is 6.61. The van der Waals surface area contributed by atoms with Crippen molar-refractivity contribution in [3.05, 3.63) is 24.3 Å². The second-order valence-electron chi connectivity index (χ2n) is 4.49. The zero-order chi connectivity index (χ0) is 12.3. The molecule has 2 rings (SSSR count). The van der Waals surface area contributed by atoms with Crippen LogP contribution < -0.4 is 16.0 Å². The molecule has 1 saturated heterocycles. The fourth-order valence-corrected chi connectivity index (χ4v) is 2.06. The van der Waals surface area contributed by atoms with E-state index in [1.165, 1.54) is 12.8 Å². The lowest BCUT2D eigenvalue weighted by molar-refractivity contribution is -0.117. The summed E-state index contributed by atoms with van der Waals surface area (Å²) >= 11 is 0. The number of carbonyl (C=O) groups is 1. The highest BCUT2D eigenvalue weighted by atomic mass is 35.5. The van der Waals surface area contributed by atoms with Crippen LogP contribution in [0.25, 0.3) is 0 Å². The van der Waals surface area contributed by atoms with Crippen molar-refractivity contribution in [3.8, 4) is 0 Å². The first kappa shape index (κ1) is 14.8. The molecule has 1 aromatic rings. The predicted octanol–water partition coefficient (Wildman–Crippen LogP) is 1.99. The predicted molar refractivity (Wildman–Crippen MR) is 77.4 cm³/mol. The van der Waals surface area contributed by atoms with Gasteiger partial charge in [-0.1, -0.05) is 12.1 Å². The van der Waals surface area contributed by atoms with Gasteiger partial charge in [0.15, 0.2) is 0 Å². The Balaban J connectivity index is 0.00000162. The third-order valence-corrected chi connectivity index (χ3v) is 3.02. The molecular formula is C13H20ClN3O. The topological polar surface area (TPSA) is 58.4 Å². The van der Waals surface area contributed by atoms with E-state index in [-0.39, 0.29) is 18.3 Å². The minimum Gasteiger partial charge on any atom is -0.370 e. The summed E-state index contributed by atoms with van der Waals surface area (Å²) in [5.41, 5.74) is 7.52. The summed E-state index contributed by atoms with van der Waals surface area (Å²) in [5, 5.41) is 2.88. The molecule has 0 bridgehead atoms. The SMILES string of the molecule is CC(N)C(=O)Nc1ccccc1N1CCCC1.Cl. The van der Waals surface area contributed by atoms with Gasteiger partial charge in [-0.2, -0.15) is 0 Å². The monoisotopic (exact) mass is 269 g/mol. The van der Waals surface area contributed by atoms with Crippen molar-refractivity contribution in [1.29, 1.82) is 0 Å². The van der Waals surface area contributed by atoms with Gasteiger partial charge in [-0.3, -0.25) is 4.79 Å². The van der Waals surface area contributed by atoms with Gasteiger partial charge in [-0.25, -0.2) is 0 Å². The van der Waals surface area contributed by atoms with Crippen LogP contribution in [-0.2, 0) is 4.79 Å². The first-order valence-corrected chi connectivity index (χ1v) is 6.09. The summed E-state index contributed by atoms with van der Waals surface area (Å²) < 4.78 is 0. The largest absolute Gasteiger partial charge is 0.370 e. The number of benzene rings is 1. The van der Waals surface area contributed by atoms with Gasteiger partial charge in [0, 0.05) is 13.1 Å². The molecule has 1 heterocycles. The number of anilines is 2. The van der Waals surface area contributed by atoms with Gasteiger partial charge in [0.2, 0.25) is 5.91 Å². The van der Waals surface area contributed by atoms with E-state index in [1.54, 1.807) is 6.92 Å². The van der Waals surface area contributed by atoms with Gasteiger partial charge in [0.05, 0.1) is 17.4 Å². The van der Waals surface area contributed by atoms with Crippen molar-refractivity contribution in [3.63, 3.8) is 0 Å². The molecule has 3 N–H and O–H groups in total. The number of amides is 1. The number of nitrogens with two attached hydrogens (primary N) is 1. The van der Waals surface area contributed by atoms with Crippen molar-refractivity contribution in [2.24, 2.45) is 5.73 Å². The van der Waals surface area contributed by atoms with Gasteiger partial charge < -0.3 is 16.0 Å². The van der Waals surface area contributed by atoms with Crippen LogP contribution in [0.2, 0.25) is 0 Å². The van der Waals surface area contributed by atoms with Crippen molar-refractivity contribution in [1.82, 2.24) is 0 Å². The highest BCUT2D eigenvalue weighted by molar-refractivity contribution is 5.97. The van der Waals surface area contributed by atoms with Crippen LogP contribution in [0.1, 0.15) is 19.8 Å². The average Bonchev–Trinajstić information content (AvgIpc) is 2.83. The first-order chi connectivity index (χ1) is 8.18. The van der Waals surface area contributed by atoms with Crippen LogP contribution >= 0.6 is 12.4 Å². The zero-order valence-corrected chi connectivity index (χ0v) is 11.4. The smallest absolute Gasteiger partial charge is 0.241 e. The van der Waals surface area contributed by atoms with Crippen LogP contribution in [0.3, 0.4) is 0 Å². The molecule has 1 unspecified atom stereocenters. The molecule has 1 atom stereocenters. The van der Waals surface area contributed by atoms with E-state index >= 15 is 0 Å². The zero-order valence-electron chi connectivity index (χ0n) is 10.6. The fourth-order valence-electron chi connectivity index (χ4n) is 2.06. The van der Waals surface area contributed by atoms with Crippen molar-refractivity contribution in [2.45, 2.75) is 25.8 Å². The summed E-state index contributed by atoms with van der Waals surface area (Å²) in [5.74, 6) is -0.142. The first-order valence-electron chi connectivity index (χ1n) is 6.09. The van der Waals surface area contributed by atoms with Crippen LogP contribution in [0, 0.1) is 0 Å². The highest BCUT2D eigenvalue weighted by Gasteiger charge is 2.17. The van der Waals surface area contributed by atoms with Gasteiger partial charge in [0.25, 0.3) is 0 Å². The van der Waals surface area contributed by atoms with E-state index in [4.69, 9.17) is 5.73 Å². The molecule has 0 aromatic heterocycles. The normalized spacial score (nSPS) is 16.0. The molecule has 0 saturated carbocycles. The van der Waals surface area contributed by atoms with E-state index < -0.39 is 6.04 Å². The third kappa shape index (κ3) is 3.37. The number of halogens is 1. The molecule has 1 aliphatic rings. The molecule has 5 heteroatoms. The van der Waals surface area contributed by atoms with Crippen molar-refractivity contribution in [2.75, 3.05) is 23.3 Å². The number of carbonyl (C=O) groups excluding carboxylic acids is 1. The van der Waals surface area contributed by atoms with E-state index in [2.05, 4.69) is 10.2 Å². The van der Waals surface area contributed by atoms with Gasteiger partial charge in [0.1, 0.15) is 0 Å². The highest BCUT2D eigenvalue weighted by Crippen LogP contribution is 2.28.